The van der Waals surface area contributed by atoms with Gasteiger partial charge in [0.2, 0.25) is 0 Å². The van der Waals surface area contributed by atoms with Gasteiger partial charge in [-0.15, -0.1) is 5.69 Å². The zero-order valence-corrected chi connectivity index (χ0v) is 21.2. The standard InChI is InChI=1S/C28H24N.2ClH.Ti/c1-28(2,29-21-12-4-3-5-13-21)27-18-9-8-15-25(27)24-17-10-16-23-22-14-7-6-11-20(22)19-26(23)24;;;/h3-18H,19H2,1-2H3;2*1H;/q-1;;;+3/p-2. The molecule has 0 N–H and O–H groups in total. The molecule has 0 atom stereocenters. The molecule has 1 aliphatic carbocycles. The van der Waals surface area contributed by atoms with E-state index in [9.17, 15) is 0 Å². The molecule has 0 amide bonds. The molecule has 0 saturated carbocycles. The second-order valence-electron chi connectivity index (χ2n) is 8.22. The molecular weight excluding hydrogens is 469 g/mol. The van der Waals surface area contributed by atoms with E-state index in [1.807, 2.05) is 18.2 Å². The van der Waals surface area contributed by atoms with Crippen LogP contribution < -0.4 is 24.8 Å². The molecule has 0 unspecified atom stereocenters. The van der Waals surface area contributed by atoms with E-state index in [-0.39, 0.29) is 52.1 Å². The van der Waals surface area contributed by atoms with Crippen molar-refractivity contribution in [2.24, 2.45) is 0 Å². The predicted molar refractivity (Wildman–Crippen MR) is 123 cm³/mol. The van der Waals surface area contributed by atoms with Gasteiger partial charge in [0.05, 0.1) is 0 Å². The summed E-state index contributed by atoms with van der Waals surface area (Å²) in [5.74, 6) is 0. The molecule has 0 heterocycles. The van der Waals surface area contributed by atoms with Crippen molar-refractivity contribution in [3.8, 4) is 22.3 Å². The molecule has 4 aromatic rings. The molecule has 0 fully saturated rings. The van der Waals surface area contributed by atoms with E-state index in [1.54, 1.807) is 0 Å². The van der Waals surface area contributed by atoms with Crippen LogP contribution in [0.2, 0.25) is 0 Å². The van der Waals surface area contributed by atoms with E-state index in [1.165, 1.54) is 38.9 Å². The molecule has 4 aromatic carbocycles. The molecule has 0 spiro atoms. The summed E-state index contributed by atoms with van der Waals surface area (Å²) in [6.07, 6.45) is 0.992. The Bertz CT molecular complexity index is 1190. The topological polar surface area (TPSA) is 14.1 Å². The first-order chi connectivity index (χ1) is 14.1. The number of para-hydroxylation sites is 1. The smallest absolute Gasteiger partial charge is 1.00 e. The fourth-order valence-electron chi connectivity index (χ4n) is 4.55. The van der Waals surface area contributed by atoms with Gasteiger partial charge in [-0.05, 0) is 39.8 Å². The maximum Gasteiger partial charge on any atom is 3.00 e. The Morgan fingerprint density at radius 1 is 0.594 bits per heavy atom. The number of halogens is 2. The first-order valence-electron chi connectivity index (χ1n) is 10.2. The number of rotatable bonds is 4. The third-order valence-electron chi connectivity index (χ3n) is 5.89. The van der Waals surface area contributed by atoms with Gasteiger partial charge in [-0.1, -0.05) is 122 Å². The number of hydrogen-bond acceptors (Lipinski definition) is 0. The van der Waals surface area contributed by atoms with Gasteiger partial charge in [0, 0.05) is 0 Å². The molecule has 0 saturated heterocycles. The van der Waals surface area contributed by atoms with Crippen LogP contribution >= 0.6 is 0 Å². The monoisotopic (exact) mass is 492 g/mol. The fourth-order valence-corrected chi connectivity index (χ4v) is 4.55. The number of nitrogens with zero attached hydrogens (tertiary/aromatic N) is 1. The van der Waals surface area contributed by atoms with E-state index in [4.69, 9.17) is 5.32 Å². The molecule has 0 aromatic heterocycles. The van der Waals surface area contributed by atoms with Crippen LogP contribution in [0.4, 0.5) is 5.69 Å². The largest absolute Gasteiger partial charge is 3.00 e. The van der Waals surface area contributed by atoms with Gasteiger partial charge in [0.25, 0.3) is 0 Å². The zero-order chi connectivity index (χ0) is 19.8. The van der Waals surface area contributed by atoms with E-state index >= 15 is 0 Å². The number of fused-ring (bicyclic) bond motifs is 3. The average Bonchev–Trinajstić information content (AvgIpc) is 3.13. The molecule has 4 heteroatoms. The van der Waals surface area contributed by atoms with E-state index < -0.39 is 0 Å². The molecule has 32 heavy (non-hydrogen) atoms. The van der Waals surface area contributed by atoms with Crippen molar-refractivity contribution in [3.05, 3.63) is 119 Å². The molecular formula is C28H24Cl2NTi. The second-order valence-corrected chi connectivity index (χ2v) is 8.22. The van der Waals surface area contributed by atoms with Gasteiger partial charge in [0.1, 0.15) is 0 Å². The van der Waals surface area contributed by atoms with Gasteiger partial charge in [-0.3, -0.25) is 0 Å². The third-order valence-corrected chi connectivity index (χ3v) is 5.89. The van der Waals surface area contributed by atoms with Crippen LogP contribution in [0.25, 0.3) is 27.6 Å². The van der Waals surface area contributed by atoms with Gasteiger partial charge >= 0.3 is 21.7 Å². The zero-order valence-electron chi connectivity index (χ0n) is 18.1. The van der Waals surface area contributed by atoms with Gasteiger partial charge < -0.3 is 30.1 Å². The van der Waals surface area contributed by atoms with Crippen molar-refractivity contribution < 1.29 is 46.5 Å². The Kier molecular flexibility index (Phi) is 8.79. The van der Waals surface area contributed by atoms with Crippen molar-refractivity contribution in [3.63, 3.8) is 0 Å². The summed E-state index contributed by atoms with van der Waals surface area (Å²) in [4.78, 5) is 0. The van der Waals surface area contributed by atoms with Crippen molar-refractivity contribution in [1.82, 2.24) is 0 Å². The fraction of sp³-hybridized carbons (Fsp3) is 0.143. The van der Waals surface area contributed by atoms with Crippen molar-refractivity contribution >= 4 is 5.69 Å². The van der Waals surface area contributed by atoms with Gasteiger partial charge in [0.15, 0.2) is 0 Å². The van der Waals surface area contributed by atoms with Crippen LogP contribution in [0.5, 0.6) is 0 Å². The third kappa shape index (κ3) is 4.82. The first kappa shape index (κ1) is 26.2. The summed E-state index contributed by atoms with van der Waals surface area (Å²) in [6, 6.07) is 34.5. The number of hydrogen-bond donors (Lipinski definition) is 0. The minimum atomic E-state index is -0.327. The van der Waals surface area contributed by atoms with Crippen LogP contribution in [-0.2, 0) is 33.7 Å². The Morgan fingerprint density at radius 3 is 1.84 bits per heavy atom. The Labute approximate surface area is 218 Å². The maximum atomic E-state index is 5.08. The minimum absolute atomic E-state index is 0. The summed E-state index contributed by atoms with van der Waals surface area (Å²) in [7, 11) is 0. The maximum absolute atomic E-state index is 5.08. The van der Waals surface area contributed by atoms with Crippen molar-refractivity contribution in [2.75, 3.05) is 0 Å². The Balaban J connectivity index is 0.00000121. The molecule has 1 aliphatic rings. The SMILES string of the molecule is CC(C)([N-]c1ccccc1)c1ccccc1-c1cccc2c1Cc1ccccc1-2.[Cl-].[Cl-].[Ti+3]. The Morgan fingerprint density at radius 2 is 1.12 bits per heavy atom. The summed E-state index contributed by atoms with van der Waals surface area (Å²) < 4.78 is 0. The van der Waals surface area contributed by atoms with Gasteiger partial charge in [-0.2, -0.15) is 0 Å². The average molecular weight is 493 g/mol. The molecule has 1 nitrogen and oxygen atoms in total. The first-order valence-corrected chi connectivity index (χ1v) is 10.2. The minimum Gasteiger partial charge on any atom is -1.00 e. The van der Waals surface area contributed by atoms with Crippen molar-refractivity contribution in [1.29, 1.82) is 0 Å². The molecule has 1 radical (unpaired) electrons. The second kappa shape index (κ2) is 10.7. The molecule has 0 aliphatic heterocycles. The molecule has 0 bridgehead atoms. The van der Waals surface area contributed by atoms with Crippen LogP contribution in [0.3, 0.4) is 0 Å². The van der Waals surface area contributed by atoms with E-state index in [0.717, 1.165) is 12.1 Å². The summed E-state index contributed by atoms with van der Waals surface area (Å²) in [6.45, 7) is 4.41. The Hall–Kier alpha value is -2.03. The normalized spacial score (nSPS) is 11.2. The van der Waals surface area contributed by atoms with Crippen LogP contribution in [-0.4, -0.2) is 0 Å². The van der Waals surface area contributed by atoms with Crippen LogP contribution in [0.15, 0.2) is 97.1 Å². The number of benzene rings is 4. The summed E-state index contributed by atoms with van der Waals surface area (Å²) in [5.41, 5.74) is 10.1. The van der Waals surface area contributed by atoms with E-state index in [2.05, 4.69) is 92.7 Å². The van der Waals surface area contributed by atoms with Crippen LogP contribution in [0.1, 0.15) is 30.5 Å². The van der Waals surface area contributed by atoms with Crippen molar-refractivity contribution in [2.45, 2.75) is 25.8 Å². The van der Waals surface area contributed by atoms with E-state index in [0.29, 0.717) is 0 Å². The molecule has 5 rings (SSSR count). The quantitative estimate of drug-likeness (QED) is 0.340. The predicted octanol–water partition coefficient (Wildman–Crippen LogP) is 1.87. The summed E-state index contributed by atoms with van der Waals surface area (Å²) in [5, 5.41) is 5.08. The van der Waals surface area contributed by atoms with Gasteiger partial charge in [-0.25, -0.2) is 0 Å². The molecule has 159 valence electrons. The summed E-state index contributed by atoms with van der Waals surface area (Å²) >= 11 is 0. The van der Waals surface area contributed by atoms with Crippen LogP contribution in [0, 0.1) is 0 Å².